The van der Waals surface area contributed by atoms with Crippen LogP contribution >= 0.6 is 0 Å². The molecule has 0 aliphatic heterocycles. The molecule has 142 valence electrons. The third kappa shape index (κ3) is 4.47. The number of carbonyl (C=O) groups is 2. The molecule has 1 rings (SSSR count). The molecule has 0 N–H and O–H groups in total. The highest BCUT2D eigenvalue weighted by atomic mass is 19.4. The Morgan fingerprint density at radius 2 is 1.85 bits per heavy atom. The number of pyridine rings is 1. The van der Waals surface area contributed by atoms with Crippen molar-refractivity contribution in [2.45, 2.75) is 32.4 Å². The molecule has 0 aromatic carbocycles. The molecule has 0 saturated heterocycles. The lowest BCUT2D eigenvalue weighted by atomic mass is 9.94. The van der Waals surface area contributed by atoms with Gasteiger partial charge in [0.2, 0.25) is 0 Å². The van der Waals surface area contributed by atoms with Gasteiger partial charge in [0.1, 0.15) is 5.69 Å². The number of nitrogens with zero attached hydrogens (tertiary/aromatic N) is 1. The van der Waals surface area contributed by atoms with Gasteiger partial charge in [0, 0.05) is 0 Å². The SMILES string of the molecule is C#CCOC(=O)c1c(C(F)(F)F)nc(C(F)F)c(C(=O)OC)c1CCC. The zero-order valence-corrected chi connectivity index (χ0v) is 13.7. The molecule has 0 aliphatic carbocycles. The Labute approximate surface area is 145 Å². The molecule has 10 heteroatoms. The van der Waals surface area contributed by atoms with Gasteiger partial charge in [-0.1, -0.05) is 19.3 Å². The fourth-order valence-corrected chi connectivity index (χ4v) is 2.25. The van der Waals surface area contributed by atoms with Crippen LogP contribution in [0.3, 0.4) is 0 Å². The average molecular weight is 379 g/mol. The number of rotatable bonds is 6. The molecular weight excluding hydrogens is 365 g/mol. The molecule has 0 amide bonds. The summed E-state index contributed by atoms with van der Waals surface area (Å²) >= 11 is 0. The van der Waals surface area contributed by atoms with Gasteiger partial charge in [-0.2, -0.15) is 13.2 Å². The van der Waals surface area contributed by atoms with Crippen molar-refractivity contribution in [3.8, 4) is 12.3 Å². The van der Waals surface area contributed by atoms with Crippen LogP contribution in [0.1, 0.15) is 57.4 Å². The Bertz CT molecular complexity index is 738. The number of hydrogen-bond acceptors (Lipinski definition) is 5. The van der Waals surface area contributed by atoms with Crippen molar-refractivity contribution in [1.29, 1.82) is 0 Å². The van der Waals surface area contributed by atoms with E-state index in [1.807, 2.05) is 5.92 Å². The second kappa shape index (κ2) is 8.60. The van der Waals surface area contributed by atoms with Gasteiger partial charge in [-0.15, -0.1) is 6.42 Å². The Hall–Kier alpha value is -2.70. The Balaban J connectivity index is 3.95. The van der Waals surface area contributed by atoms with Crippen LogP contribution in [0, 0.1) is 12.3 Å². The second-order valence-corrected chi connectivity index (χ2v) is 4.89. The van der Waals surface area contributed by atoms with Gasteiger partial charge in [0.25, 0.3) is 6.43 Å². The summed E-state index contributed by atoms with van der Waals surface area (Å²) in [5.74, 6) is -0.954. The topological polar surface area (TPSA) is 65.5 Å². The lowest BCUT2D eigenvalue weighted by molar-refractivity contribution is -0.142. The summed E-state index contributed by atoms with van der Waals surface area (Å²) < 4.78 is 75.4. The number of alkyl halides is 5. The summed E-state index contributed by atoms with van der Waals surface area (Å²) in [4.78, 5) is 26.9. The lowest BCUT2D eigenvalue weighted by Crippen LogP contribution is -2.25. The normalized spacial score (nSPS) is 11.2. The number of ether oxygens (including phenoxy) is 2. The number of aromatic nitrogens is 1. The Kier molecular flexibility index (Phi) is 7.06. The summed E-state index contributed by atoms with van der Waals surface area (Å²) in [5.41, 5.74) is -5.87. The van der Waals surface area contributed by atoms with E-state index in [1.165, 1.54) is 6.92 Å². The number of halogens is 5. The molecule has 1 aromatic rings. The molecule has 1 heterocycles. The molecule has 0 saturated carbocycles. The highest BCUT2D eigenvalue weighted by Gasteiger charge is 2.43. The largest absolute Gasteiger partial charge is 0.465 e. The summed E-state index contributed by atoms with van der Waals surface area (Å²) in [6, 6.07) is 0. The van der Waals surface area contributed by atoms with Crippen molar-refractivity contribution in [3.63, 3.8) is 0 Å². The minimum Gasteiger partial charge on any atom is -0.465 e. The molecule has 0 unspecified atom stereocenters. The van der Waals surface area contributed by atoms with Crippen LogP contribution in [0.15, 0.2) is 0 Å². The van der Waals surface area contributed by atoms with Crippen molar-refractivity contribution < 1.29 is 41.0 Å². The molecule has 0 spiro atoms. The molecule has 0 atom stereocenters. The average Bonchev–Trinajstić information content (AvgIpc) is 2.57. The van der Waals surface area contributed by atoms with Crippen LogP contribution in [0.2, 0.25) is 0 Å². The summed E-state index contributed by atoms with van der Waals surface area (Å²) in [6.07, 6.45) is -4.00. The number of carbonyl (C=O) groups excluding carboxylic acids is 2. The number of esters is 2. The number of terminal acetylenes is 1. The van der Waals surface area contributed by atoms with E-state index in [0.717, 1.165) is 7.11 Å². The number of methoxy groups -OCH3 is 1. The van der Waals surface area contributed by atoms with Gasteiger partial charge >= 0.3 is 18.1 Å². The van der Waals surface area contributed by atoms with Crippen LogP contribution in [-0.4, -0.2) is 30.6 Å². The zero-order chi connectivity index (χ0) is 20.1. The van der Waals surface area contributed by atoms with Crippen LogP contribution in [0.4, 0.5) is 22.0 Å². The van der Waals surface area contributed by atoms with E-state index in [-0.39, 0.29) is 12.8 Å². The van der Waals surface area contributed by atoms with Crippen molar-refractivity contribution in [3.05, 3.63) is 28.1 Å². The summed E-state index contributed by atoms with van der Waals surface area (Å²) in [7, 11) is 0.862. The van der Waals surface area contributed by atoms with E-state index in [9.17, 15) is 31.5 Å². The standard InChI is InChI=1S/C16H14F5NO4/c1-4-6-8-9(14(23)25-3)11(13(17)18)22-12(16(19,20)21)10(8)15(24)26-7-5-2/h2,13H,4,6-7H2,1,3H3. The molecule has 26 heavy (non-hydrogen) atoms. The summed E-state index contributed by atoms with van der Waals surface area (Å²) in [6.45, 7) is 0.874. The molecule has 0 aliphatic rings. The smallest absolute Gasteiger partial charge is 0.434 e. The predicted molar refractivity (Wildman–Crippen MR) is 78.6 cm³/mol. The first kappa shape index (κ1) is 21.3. The van der Waals surface area contributed by atoms with E-state index in [4.69, 9.17) is 6.42 Å². The fourth-order valence-electron chi connectivity index (χ4n) is 2.25. The molecule has 5 nitrogen and oxygen atoms in total. The molecular formula is C16H14F5NO4. The first-order valence-corrected chi connectivity index (χ1v) is 7.21. The van der Waals surface area contributed by atoms with Crippen LogP contribution in [0.5, 0.6) is 0 Å². The summed E-state index contributed by atoms with van der Waals surface area (Å²) in [5, 5.41) is 0. The van der Waals surface area contributed by atoms with Crippen molar-refractivity contribution in [2.75, 3.05) is 13.7 Å². The molecule has 0 bridgehead atoms. The number of hydrogen-bond donors (Lipinski definition) is 0. The van der Waals surface area contributed by atoms with Gasteiger partial charge in [0.15, 0.2) is 12.3 Å². The maximum Gasteiger partial charge on any atom is 0.434 e. The highest BCUT2D eigenvalue weighted by molar-refractivity contribution is 5.99. The maximum absolute atomic E-state index is 13.3. The van der Waals surface area contributed by atoms with Crippen molar-refractivity contribution in [1.82, 2.24) is 4.98 Å². The Morgan fingerprint density at radius 1 is 1.23 bits per heavy atom. The van der Waals surface area contributed by atoms with Gasteiger partial charge < -0.3 is 9.47 Å². The Morgan fingerprint density at radius 3 is 2.27 bits per heavy atom. The quantitative estimate of drug-likeness (QED) is 0.430. The minimum absolute atomic E-state index is 0.142. The van der Waals surface area contributed by atoms with E-state index in [1.54, 1.807) is 0 Å². The van der Waals surface area contributed by atoms with Gasteiger partial charge in [-0.3, -0.25) is 0 Å². The third-order valence-electron chi connectivity index (χ3n) is 3.18. The van der Waals surface area contributed by atoms with Gasteiger partial charge in [0.05, 0.1) is 18.2 Å². The van der Waals surface area contributed by atoms with Gasteiger partial charge in [-0.25, -0.2) is 23.4 Å². The van der Waals surface area contributed by atoms with E-state index in [0.29, 0.717) is 0 Å². The van der Waals surface area contributed by atoms with Crippen LogP contribution in [0.25, 0.3) is 0 Å². The highest BCUT2D eigenvalue weighted by Crippen LogP contribution is 2.37. The molecule has 0 radical (unpaired) electrons. The first-order chi connectivity index (χ1) is 12.1. The first-order valence-electron chi connectivity index (χ1n) is 7.21. The second-order valence-electron chi connectivity index (χ2n) is 4.89. The maximum atomic E-state index is 13.3. The van der Waals surface area contributed by atoms with Crippen LogP contribution in [-0.2, 0) is 22.1 Å². The van der Waals surface area contributed by atoms with E-state index < -0.39 is 59.2 Å². The lowest BCUT2D eigenvalue weighted by Gasteiger charge is -2.20. The molecule has 0 fully saturated rings. The van der Waals surface area contributed by atoms with Crippen molar-refractivity contribution >= 4 is 11.9 Å². The van der Waals surface area contributed by atoms with Crippen LogP contribution < -0.4 is 0 Å². The predicted octanol–water partition coefficient (Wildman–Crippen LogP) is 3.57. The monoisotopic (exact) mass is 379 g/mol. The fraction of sp³-hybridized carbons (Fsp3) is 0.438. The minimum atomic E-state index is -5.24. The third-order valence-corrected chi connectivity index (χ3v) is 3.18. The van der Waals surface area contributed by atoms with E-state index >= 15 is 0 Å². The van der Waals surface area contributed by atoms with Gasteiger partial charge in [-0.05, 0) is 12.0 Å². The van der Waals surface area contributed by atoms with E-state index in [2.05, 4.69) is 14.5 Å². The zero-order valence-electron chi connectivity index (χ0n) is 13.7. The molecule has 1 aromatic heterocycles. The van der Waals surface area contributed by atoms with Crippen molar-refractivity contribution in [2.24, 2.45) is 0 Å².